The zero-order chi connectivity index (χ0) is 17.8. The minimum absolute atomic E-state index is 0.391. The Balaban J connectivity index is 2.26. The van der Waals surface area contributed by atoms with Crippen LogP contribution in [0.4, 0.5) is 0 Å². The van der Waals surface area contributed by atoms with Gasteiger partial charge in [-0.25, -0.2) is 9.78 Å². The molecule has 0 saturated heterocycles. The first-order valence-electron chi connectivity index (χ1n) is 7.88. The largest absolute Gasteiger partial charge is 0.465 e. The molecule has 1 heterocycles. The van der Waals surface area contributed by atoms with E-state index in [0.717, 1.165) is 11.4 Å². The molecule has 0 bridgehead atoms. The van der Waals surface area contributed by atoms with Crippen LogP contribution in [0.2, 0.25) is 0 Å². The minimum atomic E-state index is -0.467. The van der Waals surface area contributed by atoms with Crippen LogP contribution in [0, 0.1) is 0 Å². The van der Waals surface area contributed by atoms with Gasteiger partial charge in [-0.2, -0.15) is 0 Å². The molecule has 0 amide bonds. The Morgan fingerprint density at radius 2 is 1.76 bits per heavy atom. The lowest BCUT2D eigenvalue weighted by Crippen LogP contribution is -2.21. The molecule has 0 aliphatic carbocycles. The Bertz CT molecular complexity index is 870. The average Bonchev–Trinajstić information content (AvgIpc) is 3.04. The molecule has 25 heavy (non-hydrogen) atoms. The molecular weight excluding hydrogens is 320 g/mol. The SMILES string of the molecule is COC(=O)c1cccc2nc(-c3ccccc3)n(CC(OC)OC)c12. The van der Waals surface area contributed by atoms with Crippen LogP contribution in [0.25, 0.3) is 22.4 Å². The summed E-state index contributed by atoms with van der Waals surface area (Å²) in [6.45, 7) is 0.391. The Kier molecular flexibility index (Phi) is 5.11. The van der Waals surface area contributed by atoms with Gasteiger partial charge in [0.1, 0.15) is 5.82 Å². The number of hydrogen-bond acceptors (Lipinski definition) is 5. The van der Waals surface area contributed by atoms with Crippen molar-refractivity contribution >= 4 is 17.0 Å². The van der Waals surface area contributed by atoms with E-state index in [-0.39, 0.29) is 0 Å². The first-order chi connectivity index (χ1) is 12.2. The number of methoxy groups -OCH3 is 3. The molecule has 0 saturated carbocycles. The number of carbonyl (C=O) groups excluding carboxylic acids is 1. The van der Waals surface area contributed by atoms with Crippen molar-refractivity contribution in [1.82, 2.24) is 9.55 Å². The summed E-state index contributed by atoms with van der Waals surface area (Å²) in [6.07, 6.45) is -0.467. The van der Waals surface area contributed by atoms with Crippen LogP contribution in [0.15, 0.2) is 48.5 Å². The number of nitrogens with zero attached hydrogens (tertiary/aromatic N) is 2. The molecule has 0 aliphatic rings. The molecule has 1 aromatic heterocycles. The maximum Gasteiger partial charge on any atom is 0.340 e. The van der Waals surface area contributed by atoms with E-state index in [1.54, 1.807) is 26.4 Å². The second-order valence-electron chi connectivity index (χ2n) is 5.48. The van der Waals surface area contributed by atoms with Crippen molar-refractivity contribution in [2.75, 3.05) is 21.3 Å². The molecule has 0 fully saturated rings. The van der Waals surface area contributed by atoms with Crippen molar-refractivity contribution < 1.29 is 19.0 Å². The molecule has 0 atom stereocenters. The lowest BCUT2D eigenvalue weighted by Gasteiger charge is -2.17. The van der Waals surface area contributed by atoms with E-state index in [1.165, 1.54) is 7.11 Å². The molecule has 0 N–H and O–H groups in total. The molecule has 0 aliphatic heterocycles. The molecule has 2 aromatic carbocycles. The summed E-state index contributed by atoms with van der Waals surface area (Å²) in [6, 6.07) is 15.2. The number of fused-ring (bicyclic) bond motifs is 1. The van der Waals surface area contributed by atoms with Crippen molar-refractivity contribution in [3.63, 3.8) is 0 Å². The van der Waals surface area contributed by atoms with Crippen LogP contribution in [0.1, 0.15) is 10.4 Å². The van der Waals surface area contributed by atoms with Gasteiger partial charge in [-0.15, -0.1) is 0 Å². The zero-order valence-electron chi connectivity index (χ0n) is 14.4. The number of carbonyl (C=O) groups is 1. The van der Waals surface area contributed by atoms with Gasteiger partial charge in [0.15, 0.2) is 6.29 Å². The van der Waals surface area contributed by atoms with E-state index in [9.17, 15) is 4.79 Å². The van der Waals surface area contributed by atoms with Crippen LogP contribution in [0.3, 0.4) is 0 Å². The maximum atomic E-state index is 12.2. The van der Waals surface area contributed by atoms with Gasteiger partial charge in [0.2, 0.25) is 0 Å². The minimum Gasteiger partial charge on any atom is -0.465 e. The highest BCUT2D eigenvalue weighted by Crippen LogP contribution is 2.28. The van der Waals surface area contributed by atoms with Crippen LogP contribution in [-0.2, 0) is 20.8 Å². The van der Waals surface area contributed by atoms with E-state index >= 15 is 0 Å². The summed E-state index contributed by atoms with van der Waals surface area (Å²) >= 11 is 0. The molecule has 130 valence electrons. The lowest BCUT2D eigenvalue weighted by atomic mass is 10.2. The van der Waals surface area contributed by atoms with Gasteiger partial charge in [-0.05, 0) is 12.1 Å². The molecule has 0 radical (unpaired) electrons. The van der Waals surface area contributed by atoms with Crippen LogP contribution < -0.4 is 0 Å². The molecule has 6 heteroatoms. The second-order valence-corrected chi connectivity index (χ2v) is 5.48. The van der Waals surface area contributed by atoms with Crippen LogP contribution >= 0.6 is 0 Å². The third kappa shape index (κ3) is 3.26. The summed E-state index contributed by atoms with van der Waals surface area (Å²) in [7, 11) is 4.53. The molecule has 6 nitrogen and oxygen atoms in total. The van der Waals surface area contributed by atoms with E-state index in [2.05, 4.69) is 0 Å². The van der Waals surface area contributed by atoms with Crippen molar-refractivity contribution in [2.45, 2.75) is 12.8 Å². The third-order valence-electron chi connectivity index (χ3n) is 4.06. The number of benzene rings is 2. The number of esters is 1. The fourth-order valence-electron chi connectivity index (χ4n) is 2.84. The smallest absolute Gasteiger partial charge is 0.340 e. The first-order valence-corrected chi connectivity index (χ1v) is 7.88. The second kappa shape index (κ2) is 7.46. The monoisotopic (exact) mass is 340 g/mol. The highest BCUT2D eigenvalue weighted by molar-refractivity contribution is 6.03. The number of imidazole rings is 1. The lowest BCUT2D eigenvalue weighted by molar-refractivity contribution is -0.110. The predicted octanol–water partition coefficient (Wildman–Crippen LogP) is 3.11. The fraction of sp³-hybridized carbons (Fsp3) is 0.263. The Morgan fingerprint density at radius 1 is 1.04 bits per heavy atom. The van der Waals surface area contributed by atoms with E-state index in [1.807, 2.05) is 41.0 Å². The van der Waals surface area contributed by atoms with Gasteiger partial charge < -0.3 is 18.8 Å². The Labute approximate surface area is 146 Å². The Morgan fingerprint density at radius 3 is 2.40 bits per heavy atom. The number of para-hydroxylation sites is 1. The quantitative estimate of drug-likeness (QED) is 0.510. The number of ether oxygens (including phenoxy) is 3. The van der Waals surface area contributed by atoms with E-state index < -0.39 is 12.3 Å². The molecule has 3 rings (SSSR count). The number of aromatic nitrogens is 2. The van der Waals surface area contributed by atoms with Gasteiger partial charge in [0, 0.05) is 19.8 Å². The summed E-state index contributed by atoms with van der Waals surface area (Å²) < 4.78 is 17.6. The molecule has 0 spiro atoms. The molecule has 0 unspecified atom stereocenters. The zero-order valence-corrected chi connectivity index (χ0v) is 14.4. The summed E-state index contributed by atoms with van der Waals surface area (Å²) in [5.74, 6) is 0.337. The Hall–Kier alpha value is -2.70. The van der Waals surface area contributed by atoms with E-state index in [0.29, 0.717) is 23.1 Å². The topological polar surface area (TPSA) is 62.6 Å². The van der Waals surface area contributed by atoms with Crippen molar-refractivity contribution in [3.05, 3.63) is 54.1 Å². The standard InChI is InChI=1S/C19H20N2O4/c1-23-16(24-2)12-21-17-14(19(22)25-3)10-7-11-15(17)20-18(21)13-8-5-4-6-9-13/h4-11,16H,12H2,1-3H3. The van der Waals surface area contributed by atoms with Crippen molar-refractivity contribution in [2.24, 2.45) is 0 Å². The van der Waals surface area contributed by atoms with Gasteiger partial charge in [-0.1, -0.05) is 36.4 Å². The summed E-state index contributed by atoms with van der Waals surface area (Å²) in [5.41, 5.74) is 2.82. The van der Waals surface area contributed by atoms with Crippen molar-refractivity contribution in [3.8, 4) is 11.4 Å². The number of hydrogen-bond donors (Lipinski definition) is 0. The third-order valence-corrected chi connectivity index (χ3v) is 4.06. The van der Waals surface area contributed by atoms with Gasteiger partial charge in [0.05, 0.1) is 30.3 Å². The van der Waals surface area contributed by atoms with Crippen molar-refractivity contribution in [1.29, 1.82) is 0 Å². The summed E-state index contributed by atoms with van der Waals surface area (Å²) in [4.78, 5) is 17.0. The predicted molar refractivity (Wildman–Crippen MR) is 94.3 cm³/mol. The number of rotatable bonds is 6. The van der Waals surface area contributed by atoms with Crippen LogP contribution in [0.5, 0.6) is 0 Å². The van der Waals surface area contributed by atoms with Gasteiger partial charge in [-0.3, -0.25) is 0 Å². The maximum absolute atomic E-state index is 12.2. The average molecular weight is 340 g/mol. The fourth-order valence-corrected chi connectivity index (χ4v) is 2.84. The molecular formula is C19H20N2O4. The van der Waals surface area contributed by atoms with Gasteiger partial charge >= 0.3 is 5.97 Å². The normalized spacial score (nSPS) is 11.2. The summed E-state index contributed by atoms with van der Waals surface area (Å²) in [5, 5.41) is 0. The van der Waals surface area contributed by atoms with Gasteiger partial charge in [0.25, 0.3) is 0 Å². The molecule has 3 aromatic rings. The highest BCUT2D eigenvalue weighted by Gasteiger charge is 2.21. The van der Waals surface area contributed by atoms with Crippen LogP contribution in [-0.4, -0.2) is 43.1 Å². The first kappa shape index (κ1) is 17.1. The highest BCUT2D eigenvalue weighted by atomic mass is 16.7. The van der Waals surface area contributed by atoms with E-state index in [4.69, 9.17) is 19.2 Å².